The van der Waals surface area contributed by atoms with Crippen molar-refractivity contribution in [3.05, 3.63) is 29.8 Å². The van der Waals surface area contributed by atoms with Crippen molar-refractivity contribution >= 4 is 46.7 Å². The molecule has 0 aromatic heterocycles. The van der Waals surface area contributed by atoms with Crippen LogP contribution in [0.4, 0.5) is 5.69 Å². The number of benzene rings is 1. The fourth-order valence-electron chi connectivity index (χ4n) is 3.10. The van der Waals surface area contributed by atoms with Crippen LogP contribution in [0.3, 0.4) is 0 Å². The van der Waals surface area contributed by atoms with Gasteiger partial charge in [0.05, 0.1) is 6.61 Å². The highest BCUT2D eigenvalue weighted by Gasteiger charge is 2.29. The summed E-state index contributed by atoms with van der Waals surface area (Å²) in [6, 6.07) is 6.07. The van der Waals surface area contributed by atoms with E-state index in [-0.39, 0.29) is 24.9 Å². The van der Waals surface area contributed by atoms with Gasteiger partial charge in [-0.05, 0) is 30.5 Å². The van der Waals surface area contributed by atoms with Gasteiger partial charge in [0.1, 0.15) is 12.1 Å². The van der Waals surface area contributed by atoms with E-state index in [2.05, 4.69) is 15.5 Å². The number of hydrogen-bond donors (Lipinski definition) is 2. The lowest BCUT2D eigenvalue weighted by Gasteiger charge is -2.25. The van der Waals surface area contributed by atoms with E-state index in [4.69, 9.17) is 27.9 Å². The molecule has 0 aliphatic rings. The molecule has 174 valence electrons. The van der Waals surface area contributed by atoms with E-state index >= 15 is 0 Å². The van der Waals surface area contributed by atoms with Gasteiger partial charge in [-0.25, -0.2) is 4.79 Å². The Kier molecular flexibility index (Phi) is 12.3. The normalized spacial score (nSPS) is 12.7. The number of esters is 1. The van der Waals surface area contributed by atoms with Crippen LogP contribution >= 0.6 is 23.2 Å². The first-order chi connectivity index (χ1) is 14.7. The van der Waals surface area contributed by atoms with Crippen molar-refractivity contribution in [2.45, 2.75) is 46.2 Å². The maximum absolute atomic E-state index is 12.8. The molecule has 9 heteroatoms. The summed E-state index contributed by atoms with van der Waals surface area (Å²) in [4.78, 5) is 38.8. The molecule has 0 unspecified atom stereocenters. The van der Waals surface area contributed by atoms with Crippen LogP contribution in [0.2, 0.25) is 0 Å². The molecule has 1 aromatic carbocycles. The van der Waals surface area contributed by atoms with Crippen LogP contribution < -0.4 is 15.5 Å². The number of rotatable bonds is 13. The zero-order valence-corrected chi connectivity index (χ0v) is 20.1. The Labute approximate surface area is 194 Å². The SMILES string of the molecule is CCOC(=O)[C@@H](Cc1ccc(N(CCCl)CCCl)cc1)NC(=O)[C@@H](NC(C)=O)C(C)C. The van der Waals surface area contributed by atoms with Gasteiger partial charge in [0, 0.05) is 43.9 Å². The van der Waals surface area contributed by atoms with Crippen LogP contribution in [0, 0.1) is 5.92 Å². The zero-order valence-electron chi connectivity index (χ0n) is 18.6. The maximum Gasteiger partial charge on any atom is 0.328 e. The van der Waals surface area contributed by atoms with Crippen molar-refractivity contribution in [2.24, 2.45) is 5.92 Å². The topological polar surface area (TPSA) is 87.7 Å². The molecule has 1 aromatic rings. The summed E-state index contributed by atoms with van der Waals surface area (Å²) < 4.78 is 5.15. The smallest absolute Gasteiger partial charge is 0.328 e. The number of carbonyl (C=O) groups excluding carboxylic acids is 3. The Morgan fingerprint density at radius 2 is 1.61 bits per heavy atom. The lowest BCUT2D eigenvalue weighted by molar-refractivity contribution is -0.147. The van der Waals surface area contributed by atoms with E-state index in [1.807, 2.05) is 38.1 Å². The number of carbonyl (C=O) groups is 3. The van der Waals surface area contributed by atoms with Gasteiger partial charge < -0.3 is 20.3 Å². The molecule has 0 fully saturated rings. The largest absolute Gasteiger partial charge is 0.464 e. The average Bonchev–Trinajstić information content (AvgIpc) is 2.71. The molecule has 0 aliphatic carbocycles. The standard InChI is InChI=1S/C22H33Cl2N3O4/c1-5-31-22(30)19(26-21(29)20(15(2)3)25-16(4)28)14-17-6-8-18(9-7-17)27(12-10-23)13-11-24/h6-9,15,19-20H,5,10-14H2,1-4H3,(H,25,28)(H,26,29)/t19-,20+/m1/s1. The number of anilines is 1. The van der Waals surface area contributed by atoms with Gasteiger partial charge in [-0.1, -0.05) is 26.0 Å². The quantitative estimate of drug-likeness (QED) is 0.339. The minimum Gasteiger partial charge on any atom is -0.464 e. The molecule has 0 bridgehead atoms. The third-order valence-electron chi connectivity index (χ3n) is 4.65. The van der Waals surface area contributed by atoms with Crippen molar-refractivity contribution in [2.75, 3.05) is 36.4 Å². The summed E-state index contributed by atoms with van der Waals surface area (Å²) in [6.45, 7) is 8.27. The fraction of sp³-hybridized carbons (Fsp3) is 0.591. The van der Waals surface area contributed by atoms with Gasteiger partial charge >= 0.3 is 5.97 Å². The number of hydrogen-bond acceptors (Lipinski definition) is 5. The number of halogens is 2. The Hall–Kier alpha value is -1.99. The molecule has 31 heavy (non-hydrogen) atoms. The van der Waals surface area contributed by atoms with Crippen LogP contribution in [-0.4, -0.2) is 61.3 Å². The molecule has 0 spiro atoms. The molecule has 2 N–H and O–H groups in total. The van der Waals surface area contributed by atoms with Crippen LogP contribution in [0.5, 0.6) is 0 Å². The van der Waals surface area contributed by atoms with E-state index in [0.29, 0.717) is 24.8 Å². The number of amides is 2. The van der Waals surface area contributed by atoms with E-state index in [0.717, 1.165) is 11.3 Å². The van der Waals surface area contributed by atoms with E-state index in [1.54, 1.807) is 6.92 Å². The maximum atomic E-state index is 12.8. The number of nitrogens with zero attached hydrogens (tertiary/aromatic N) is 1. The third kappa shape index (κ3) is 9.35. The molecular weight excluding hydrogens is 441 g/mol. The van der Waals surface area contributed by atoms with Crippen LogP contribution in [-0.2, 0) is 25.5 Å². The Morgan fingerprint density at radius 1 is 1.03 bits per heavy atom. The number of nitrogens with one attached hydrogen (secondary N) is 2. The molecule has 0 saturated carbocycles. The predicted octanol–water partition coefficient (Wildman–Crippen LogP) is 2.72. The number of ether oxygens (including phenoxy) is 1. The summed E-state index contributed by atoms with van der Waals surface area (Å²) in [7, 11) is 0. The molecule has 2 amide bonds. The highest BCUT2D eigenvalue weighted by Crippen LogP contribution is 2.17. The molecule has 0 aliphatic heterocycles. The second-order valence-electron chi connectivity index (χ2n) is 7.47. The Morgan fingerprint density at radius 3 is 2.06 bits per heavy atom. The molecule has 2 atom stereocenters. The highest BCUT2D eigenvalue weighted by atomic mass is 35.5. The first-order valence-electron chi connectivity index (χ1n) is 10.4. The molecule has 0 saturated heterocycles. The second-order valence-corrected chi connectivity index (χ2v) is 8.23. The molecule has 0 heterocycles. The molecular formula is C22H33Cl2N3O4. The van der Waals surface area contributed by atoms with Gasteiger partial charge in [0.15, 0.2) is 0 Å². The van der Waals surface area contributed by atoms with Crippen molar-refractivity contribution < 1.29 is 19.1 Å². The lowest BCUT2D eigenvalue weighted by atomic mass is 10.0. The van der Waals surface area contributed by atoms with Crippen molar-refractivity contribution in [3.8, 4) is 0 Å². The first-order valence-corrected chi connectivity index (χ1v) is 11.5. The Bertz CT molecular complexity index is 707. The van der Waals surface area contributed by atoms with Crippen molar-refractivity contribution in [3.63, 3.8) is 0 Å². The summed E-state index contributed by atoms with van der Waals surface area (Å²) in [5.74, 6) is -0.412. The average molecular weight is 474 g/mol. The molecule has 7 nitrogen and oxygen atoms in total. The minimum atomic E-state index is -0.866. The van der Waals surface area contributed by atoms with E-state index in [1.165, 1.54) is 6.92 Å². The third-order valence-corrected chi connectivity index (χ3v) is 4.98. The van der Waals surface area contributed by atoms with E-state index < -0.39 is 24.0 Å². The summed E-state index contributed by atoms with van der Waals surface area (Å²) in [6.07, 6.45) is 0.265. The minimum absolute atomic E-state index is 0.138. The van der Waals surface area contributed by atoms with Gasteiger partial charge in [-0.15, -0.1) is 23.2 Å². The van der Waals surface area contributed by atoms with Crippen LogP contribution in [0.15, 0.2) is 24.3 Å². The van der Waals surface area contributed by atoms with Gasteiger partial charge in [0.2, 0.25) is 11.8 Å². The lowest BCUT2D eigenvalue weighted by Crippen LogP contribution is -2.54. The number of alkyl halides is 2. The monoisotopic (exact) mass is 473 g/mol. The molecule has 0 radical (unpaired) electrons. The highest BCUT2D eigenvalue weighted by molar-refractivity contribution is 6.18. The van der Waals surface area contributed by atoms with Gasteiger partial charge in [-0.2, -0.15) is 0 Å². The summed E-state index contributed by atoms with van der Waals surface area (Å²) >= 11 is 11.7. The first kappa shape index (κ1) is 27.0. The van der Waals surface area contributed by atoms with Crippen LogP contribution in [0.1, 0.15) is 33.3 Å². The summed E-state index contributed by atoms with van der Waals surface area (Å²) in [5, 5.41) is 5.37. The van der Waals surface area contributed by atoms with Crippen LogP contribution in [0.25, 0.3) is 0 Å². The second kappa shape index (κ2) is 14.1. The van der Waals surface area contributed by atoms with Gasteiger partial charge in [-0.3, -0.25) is 9.59 Å². The molecule has 1 rings (SSSR count). The Balaban J connectivity index is 2.98. The predicted molar refractivity (Wildman–Crippen MR) is 125 cm³/mol. The zero-order chi connectivity index (χ0) is 23.4. The van der Waals surface area contributed by atoms with E-state index in [9.17, 15) is 14.4 Å². The summed E-state index contributed by atoms with van der Waals surface area (Å²) in [5.41, 5.74) is 1.84. The van der Waals surface area contributed by atoms with Crippen molar-refractivity contribution in [1.29, 1.82) is 0 Å². The van der Waals surface area contributed by atoms with Crippen molar-refractivity contribution in [1.82, 2.24) is 10.6 Å². The van der Waals surface area contributed by atoms with Gasteiger partial charge in [0.25, 0.3) is 0 Å². The fourth-order valence-corrected chi connectivity index (χ4v) is 3.51.